The maximum Gasteiger partial charge on any atom is 0.416 e. The fourth-order valence-corrected chi connectivity index (χ4v) is 3.18. The molecule has 2 aromatic rings. The molecule has 2 rings (SSSR count). The van der Waals surface area contributed by atoms with Crippen molar-refractivity contribution in [2.24, 2.45) is 0 Å². The summed E-state index contributed by atoms with van der Waals surface area (Å²) in [4.78, 5) is 11.6. The summed E-state index contributed by atoms with van der Waals surface area (Å²) in [7, 11) is -3.87. The molecule has 0 radical (unpaired) electrons. The molecule has 0 fully saturated rings. The fourth-order valence-electron chi connectivity index (χ4n) is 2.15. The van der Waals surface area contributed by atoms with Crippen LogP contribution in [0.2, 0.25) is 0 Å². The molecule has 0 aliphatic heterocycles. The molecule has 0 heterocycles. The Morgan fingerprint density at radius 3 is 2.41 bits per heavy atom. The van der Waals surface area contributed by atoms with Gasteiger partial charge in [0.15, 0.2) is 0 Å². The Bertz CT molecular complexity index is 1020. The Kier molecular flexibility index (Phi) is 7.36. The van der Waals surface area contributed by atoms with Crippen molar-refractivity contribution >= 4 is 15.9 Å². The van der Waals surface area contributed by atoms with E-state index < -0.39 is 33.5 Å². The third kappa shape index (κ3) is 7.21. The molecule has 0 saturated carbocycles. The highest BCUT2D eigenvalue weighted by atomic mass is 32.2. The molecular formula is C19H16F4N2O3S. The summed E-state index contributed by atoms with van der Waals surface area (Å²) in [5.41, 5.74) is -0.664. The van der Waals surface area contributed by atoms with Gasteiger partial charge < -0.3 is 5.32 Å². The quantitative estimate of drug-likeness (QED) is 0.549. The first kappa shape index (κ1) is 22.4. The lowest BCUT2D eigenvalue weighted by Gasteiger charge is -2.06. The second-order valence-corrected chi connectivity index (χ2v) is 7.53. The lowest BCUT2D eigenvalue weighted by Crippen LogP contribution is -2.31. The van der Waals surface area contributed by atoms with Crippen molar-refractivity contribution in [3.63, 3.8) is 0 Å². The van der Waals surface area contributed by atoms with Gasteiger partial charge in [-0.3, -0.25) is 4.79 Å². The molecule has 2 aromatic carbocycles. The van der Waals surface area contributed by atoms with Gasteiger partial charge in [0.2, 0.25) is 15.9 Å². The van der Waals surface area contributed by atoms with Gasteiger partial charge in [-0.05, 0) is 42.5 Å². The Morgan fingerprint density at radius 1 is 1.07 bits per heavy atom. The number of alkyl halides is 3. The molecule has 0 spiro atoms. The van der Waals surface area contributed by atoms with Crippen molar-refractivity contribution < 1.29 is 30.8 Å². The normalized spacial score (nSPS) is 11.4. The molecule has 0 bridgehead atoms. The Hall–Kier alpha value is -2.90. The summed E-state index contributed by atoms with van der Waals surface area (Å²) in [6.07, 6.45) is -4.64. The number of amides is 1. The standard InChI is InChI=1S/C19H16F4N2O3S/c20-16-6-8-17(9-7-16)29(27,28)25-12-10-18(26)24-11-2-4-14-3-1-5-15(13-14)19(21,22)23/h1,3,5-9,13,25H,10-12H2,(H,24,26). The van der Waals surface area contributed by atoms with Crippen LogP contribution in [-0.4, -0.2) is 27.4 Å². The van der Waals surface area contributed by atoms with E-state index >= 15 is 0 Å². The van der Waals surface area contributed by atoms with E-state index in [4.69, 9.17) is 0 Å². The van der Waals surface area contributed by atoms with Gasteiger partial charge in [-0.15, -0.1) is 0 Å². The molecule has 0 saturated heterocycles. The minimum Gasteiger partial charge on any atom is -0.345 e. The van der Waals surface area contributed by atoms with Crippen LogP contribution in [0.25, 0.3) is 0 Å². The van der Waals surface area contributed by atoms with Crippen molar-refractivity contribution in [2.45, 2.75) is 17.5 Å². The van der Waals surface area contributed by atoms with Gasteiger partial charge >= 0.3 is 6.18 Å². The summed E-state index contributed by atoms with van der Waals surface area (Å²) in [6, 6.07) is 8.68. The molecule has 5 nitrogen and oxygen atoms in total. The number of carbonyl (C=O) groups excluding carboxylic acids is 1. The monoisotopic (exact) mass is 428 g/mol. The lowest BCUT2D eigenvalue weighted by atomic mass is 10.1. The van der Waals surface area contributed by atoms with Gasteiger partial charge in [-0.25, -0.2) is 17.5 Å². The number of sulfonamides is 1. The second-order valence-electron chi connectivity index (χ2n) is 5.76. The molecule has 1 amide bonds. The number of nitrogens with one attached hydrogen (secondary N) is 2. The lowest BCUT2D eigenvalue weighted by molar-refractivity contribution is -0.137. The topological polar surface area (TPSA) is 75.3 Å². The number of benzene rings is 2. The Balaban J connectivity index is 1.78. The first-order valence-electron chi connectivity index (χ1n) is 8.26. The second kappa shape index (κ2) is 9.54. The van der Waals surface area contributed by atoms with Crippen LogP contribution in [0, 0.1) is 17.7 Å². The van der Waals surface area contributed by atoms with Gasteiger partial charge in [-0.2, -0.15) is 13.2 Å². The molecule has 0 atom stereocenters. The molecule has 2 N–H and O–H groups in total. The zero-order valence-electron chi connectivity index (χ0n) is 14.9. The molecule has 154 valence electrons. The Morgan fingerprint density at radius 2 is 1.76 bits per heavy atom. The molecular weight excluding hydrogens is 412 g/mol. The van der Waals surface area contributed by atoms with E-state index in [0.717, 1.165) is 36.4 Å². The van der Waals surface area contributed by atoms with Crippen molar-refractivity contribution in [1.29, 1.82) is 0 Å². The van der Waals surface area contributed by atoms with Gasteiger partial charge in [0.25, 0.3) is 0 Å². The van der Waals surface area contributed by atoms with Gasteiger partial charge in [0, 0.05) is 18.5 Å². The number of hydrogen-bond donors (Lipinski definition) is 2. The third-order valence-electron chi connectivity index (χ3n) is 3.56. The van der Waals surface area contributed by atoms with E-state index in [1.165, 1.54) is 12.1 Å². The molecule has 0 aromatic heterocycles. The largest absolute Gasteiger partial charge is 0.416 e. The SMILES string of the molecule is O=C(CCNS(=O)(=O)c1ccc(F)cc1)NCC#Cc1cccc(C(F)(F)F)c1. The van der Waals surface area contributed by atoms with Gasteiger partial charge in [-0.1, -0.05) is 17.9 Å². The predicted octanol–water partition coefficient (Wildman–Crippen LogP) is 2.68. The van der Waals surface area contributed by atoms with Crippen molar-refractivity contribution in [3.05, 3.63) is 65.5 Å². The molecule has 10 heteroatoms. The highest BCUT2D eigenvalue weighted by Gasteiger charge is 2.30. The highest BCUT2D eigenvalue weighted by molar-refractivity contribution is 7.89. The van der Waals surface area contributed by atoms with E-state index in [9.17, 15) is 30.8 Å². The van der Waals surface area contributed by atoms with Crippen LogP contribution < -0.4 is 10.0 Å². The van der Waals surface area contributed by atoms with Crippen LogP contribution >= 0.6 is 0 Å². The van der Waals surface area contributed by atoms with E-state index in [0.29, 0.717) is 0 Å². The summed E-state index contributed by atoms with van der Waals surface area (Å²) in [5, 5.41) is 2.41. The smallest absolute Gasteiger partial charge is 0.345 e. The van der Waals surface area contributed by atoms with Crippen LogP contribution in [0.4, 0.5) is 17.6 Å². The molecule has 0 aliphatic carbocycles. The summed E-state index contributed by atoms with van der Waals surface area (Å²) in [5.74, 6) is 3.97. The number of hydrogen-bond acceptors (Lipinski definition) is 3. The van der Waals surface area contributed by atoms with E-state index in [2.05, 4.69) is 21.9 Å². The maximum absolute atomic E-state index is 12.8. The fraction of sp³-hybridized carbons (Fsp3) is 0.211. The van der Waals surface area contributed by atoms with Crippen molar-refractivity contribution in [1.82, 2.24) is 10.0 Å². The van der Waals surface area contributed by atoms with Gasteiger partial charge in [0.05, 0.1) is 17.0 Å². The third-order valence-corrected chi connectivity index (χ3v) is 5.04. The number of rotatable bonds is 6. The number of carbonyl (C=O) groups is 1. The average molecular weight is 428 g/mol. The molecule has 29 heavy (non-hydrogen) atoms. The Labute approximate surface area is 165 Å². The van der Waals surface area contributed by atoms with Crippen LogP contribution in [0.3, 0.4) is 0 Å². The van der Waals surface area contributed by atoms with Crippen LogP contribution in [0.5, 0.6) is 0 Å². The van der Waals surface area contributed by atoms with Crippen LogP contribution in [0.15, 0.2) is 53.4 Å². The van der Waals surface area contributed by atoms with Crippen LogP contribution in [0.1, 0.15) is 17.5 Å². The summed E-state index contributed by atoms with van der Waals surface area (Å²) in [6.45, 7) is -0.299. The highest BCUT2D eigenvalue weighted by Crippen LogP contribution is 2.29. The van der Waals surface area contributed by atoms with Crippen molar-refractivity contribution in [2.75, 3.05) is 13.1 Å². The zero-order valence-corrected chi connectivity index (χ0v) is 15.7. The van der Waals surface area contributed by atoms with E-state index in [1.54, 1.807) is 0 Å². The predicted molar refractivity (Wildman–Crippen MR) is 97.5 cm³/mol. The average Bonchev–Trinajstić information content (AvgIpc) is 2.65. The summed E-state index contributed by atoms with van der Waals surface area (Å²) < 4.78 is 76.8. The molecule has 0 unspecified atom stereocenters. The van der Waals surface area contributed by atoms with Gasteiger partial charge in [0.1, 0.15) is 5.82 Å². The summed E-state index contributed by atoms with van der Waals surface area (Å²) >= 11 is 0. The minimum absolute atomic E-state index is 0.111. The van der Waals surface area contributed by atoms with Crippen molar-refractivity contribution in [3.8, 4) is 11.8 Å². The minimum atomic E-state index is -4.47. The molecule has 0 aliphatic rings. The first-order valence-corrected chi connectivity index (χ1v) is 9.74. The first-order chi connectivity index (χ1) is 13.6. The zero-order chi connectivity index (χ0) is 21.5. The number of halogens is 4. The van der Waals surface area contributed by atoms with Crippen LogP contribution in [-0.2, 0) is 21.0 Å². The van der Waals surface area contributed by atoms with E-state index in [-0.39, 0.29) is 30.0 Å². The maximum atomic E-state index is 12.8. The van der Waals surface area contributed by atoms with E-state index in [1.807, 2.05) is 0 Å².